The van der Waals surface area contributed by atoms with Gasteiger partial charge in [0.05, 0.1) is 7.11 Å². The van der Waals surface area contributed by atoms with Crippen LogP contribution in [0.4, 0.5) is 0 Å². The number of β-lactam (4-membered cyclic amide) rings is 1. The molecular formula is C17H19N3O6S. The van der Waals surface area contributed by atoms with Gasteiger partial charge in [0.15, 0.2) is 0 Å². The van der Waals surface area contributed by atoms with Gasteiger partial charge in [0.1, 0.15) is 23.2 Å². The highest BCUT2D eigenvalue weighted by Gasteiger charge is 2.64. The Bertz CT molecular complexity index is 771. The molecule has 2 aliphatic heterocycles. The summed E-state index contributed by atoms with van der Waals surface area (Å²) in [5, 5.41) is 4.78. The Morgan fingerprint density at radius 2 is 1.96 bits per heavy atom. The number of rotatable bonds is 6. The number of ether oxygens (including phenoxy) is 2. The summed E-state index contributed by atoms with van der Waals surface area (Å²) in [7, 11) is 1.27. The highest BCUT2D eigenvalue weighted by atomic mass is 32.2. The Balaban J connectivity index is 1.68. The lowest BCUT2D eigenvalue weighted by atomic mass is 9.96. The van der Waals surface area contributed by atoms with Gasteiger partial charge in [-0.1, -0.05) is 18.2 Å². The first-order chi connectivity index (χ1) is 12.8. The summed E-state index contributed by atoms with van der Waals surface area (Å²) < 4.78 is 9.49. The highest BCUT2D eigenvalue weighted by molar-refractivity contribution is 8.01. The molecule has 0 radical (unpaired) electrons. The molecule has 27 heavy (non-hydrogen) atoms. The van der Waals surface area contributed by atoms with Crippen LogP contribution in [0.25, 0.3) is 0 Å². The summed E-state index contributed by atoms with van der Waals surface area (Å²) in [4.78, 5) is 49.4. The summed E-state index contributed by atoms with van der Waals surface area (Å²) in [5.74, 6) is -1.42. The van der Waals surface area contributed by atoms with Crippen molar-refractivity contribution in [1.29, 1.82) is 0 Å². The van der Waals surface area contributed by atoms with Crippen molar-refractivity contribution >= 4 is 29.5 Å². The van der Waals surface area contributed by atoms with Crippen molar-refractivity contribution in [3.8, 4) is 5.75 Å². The van der Waals surface area contributed by atoms with Crippen LogP contribution in [0.15, 0.2) is 35.5 Å². The molecule has 1 N–H and O–H groups in total. The monoisotopic (exact) mass is 393 g/mol. The van der Waals surface area contributed by atoms with Gasteiger partial charge in [0.2, 0.25) is 5.91 Å². The normalized spacial score (nSPS) is 26.4. The molecule has 4 atom stereocenters. The fourth-order valence-electron chi connectivity index (χ4n) is 3.21. The number of carbonyl (C=O) groups is 3. The van der Waals surface area contributed by atoms with E-state index >= 15 is 0 Å². The Hall–Kier alpha value is -2.62. The van der Waals surface area contributed by atoms with Crippen LogP contribution in [0.1, 0.15) is 13.8 Å². The van der Waals surface area contributed by atoms with Gasteiger partial charge in [-0.2, -0.15) is 0 Å². The predicted molar refractivity (Wildman–Crippen MR) is 96.7 cm³/mol. The molecule has 2 fully saturated rings. The van der Waals surface area contributed by atoms with E-state index in [1.807, 2.05) is 13.8 Å². The molecule has 0 bridgehead atoms. The molecule has 1 unspecified atom stereocenters. The molecule has 0 spiro atoms. The number of thioether (sulfide) groups is 1. The van der Waals surface area contributed by atoms with Crippen molar-refractivity contribution in [3.05, 3.63) is 35.2 Å². The number of carbonyl (C=O) groups excluding carboxylic acids is 3. The lowest BCUT2D eigenvalue weighted by molar-refractivity contribution is -0.163. The highest BCUT2D eigenvalue weighted by Crippen LogP contribution is 2.51. The van der Waals surface area contributed by atoms with E-state index in [4.69, 9.17) is 9.47 Å². The van der Waals surface area contributed by atoms with Crippen LogP contribution in [0.2, 0.25) is 0 Å². The van der Waals surface area contributed by atoms with Crippen molar-refractivity contribution in [2.24, 2.45) is 5.18 Å². The largest absolute Gasteiger partial charge is 0.467 e. The number of esters is 1. The molecule has 2 amide bonds. The Labute approximate surface area is 159 Å². The zero-order valence-electron chi connectivity index (χ0n) is 14.9. The summed E-state index contributed by atoms with van der Waals surface area (Å²) >= 11 is 1.39. The van der Waals surface area contributed by atoms with E-state index in [1.54, 1.807) is 30.3 Å². The number of hydrogen-bond acceptors (Lipinski definition) is 8. The number of nitrogens with one attached hydrogen (secondary N) is 1. The molecule has 0 aliphatic carbocycles. The van der Waals surface area contributed by atoms with E-state index in [0.717, 1.165) is 0 Å². The van der Waals surface area contributed by atoms with Crippen LogP contribution >= 0.6 is 11.8 Å². The fraction of sp³-hybridized carbons (Fsp3) is 0.471. The van der Waals surface area contributed by atoms with Crippen molar-refractivity contribution in [3.63, 3.8) is 0 Å². The standard InChI is InChI=1S/C17H19N3O6S/c1-17(2)11(16(23)25-3)20-14(22)10(15(20)27-17)18-12(21)13(19-24)26-9-7-5-4-6-8-9/h4-8,10-11,13,15H,1-3H3,(H,18,21)/t10-,11+,13?,15-/m1/s1. The number of para-hydroxylation sites is 1. The predicted octanol–water partition coefficient (Wildman–Crippen LogP) is 0.878. The molecule has 1 aromatic rings. The second-order valence-corrected chi connectivity index (χ2v) is 8.43. The van der Waals surface area contributed by atoms with Crippen molar-refractivity contribution in [2.45, 2.75) is 42.3 Å². The van der Waals surface area contributed by atoms with Gasteiger partial charge >= 0.3 is 12.2 Å². The van der Waals surface area contributed by atoms with Crippen molar-refractivity contribution in [1.82, 2.24) is 10.2 Å². The van der Waals surface area contributed by atoms with E-state index in [1.165, 1.54) is 23.8 Å². The molecule has 1 aromatic carbocycles. The summed E-state index contributed by atoms with van der Waals surface area (Å²) in [6, 6.07) is 6.70. The summed E-state index contributed by atoms with van der Waals surface area (Å²) in [5.41, 5.74) is 0. The molecule has 10 heteroatoms. The van der Waals surface area contributed by atoms with E-state index in [2.05, 4.69) is 10.5 Å². The Kier molecular flexibility index (Phi) is 5.09. The Morgan fingerprint density at radius 3 is 2.56 bits per heavy atom. The maximum Gasteiger partial charge on any atom is 0.330 e. The van der Waals surface area contributed by atoms with Crippen LogP contribution in [0.5, 0.6) is 5.75 Å². The number of benzene rings is 1. The number of fused-ring (bicyclic) bond motifs is 1. The number of amides is 2. The minimum atomic E-state index is -1.62. The molecule has 2 saturated heterocycles. The summed E-state index contributed by atoms with van der Waals surface area (Å²) in [6.45, 7) is 3.66. The third-order valence-electron chi connectivity index (χ3n) is 4.47. The van der Waals surface area contributed by atoms with Gasteiger partial charge in [0, 0.05) is 4.75 Å². The maximum atomic E-state index is 12.5. The second kappa shape index (κ2) is 7.18. The van der Waals surface area contributed by atoms with Crippen LogP contribution in [-0.4, -0.2) is 58.2 Å². The third kappa shape index (κ3) is 3.36. The molecule has 3 rings (SSSR count). The zero-order valence-corrected chi connectivity index (χ0v) is 15.8. The number of hydrogen-bond donors (Lipinski definition) is 1. The second-order valence-electron chi connectivity index (χ2n) is 6.66. The molecule has 9 nitrogen and oxygen atoms in total. The van der Waals surface area contributed by atoms with Gasteiger partial charge < -0.3 is 19.7 Å². The van der Waals surface area contributed by atoms with Crippen molar-refractivity contribution < 1.29 is 23.9 Å². The van der Waals surface area contributed by atoms with E-state index in [0.29, 0.717) is 5.75 Å². The Morgan fingerprint density at radius 1 is 1.30 bits per heavy atom. The maximum absolute atomic E-state index is 12.5. The average Bonchev–Trinajstić information content (AvgIpc) is 2.92. The minimum Gasteiger partial charge on any atom is -0.467 e. The van der Waals surface area contributed by atoms with Gasteiger partial charge in [-0.05, 0) is 31.2 Å². The first-order valence-corrected chi connectivity index (χ1v) is 9.10. The molecule has 2 heterocycles. The van der Waals surface area contributed by atoms with Gasteiger partial charge in [-0.15, -0.1) is 16.7 Å². The van der Waals surface area contributed by atoms with E-state index in [9.17, 15) is 19.3 Å². The van der Waals surface area contributed by atoms with Crippen molar-refractivity contribution in [2.75, 3.05) is 7.11 Å². The quantitative estimate of drug-likeness (QED) is 0.433. The van der Waals surface area contributed by atoms with Gasteiger partial charge in [0.25, 0.3) is 5.91 Å². The minimum absolute atomic E-state index is 0.306. The number of methoxy groups -OCH3 is 1. The van der Waals surface area contributed by atoms with Crippen LogP contribution in [0, 0.1) is 4.91 Å². The van der Waals surface area contributed by atoms with Crippen LogP contribution in [-0.2, 0) is 19.1 Å². The fourth-order valence-corrected chi connectivity index (χ4v) is 4.83. The van der Waals surface area contributed by atoms with E-state index < -0.39 is 46.2 Å². The molecule has 144 valence electrons. The smallest absolute Gasteiger partial charge is 0.330 e. The van der Waals surface area contributed by atoms with Crippen LogP contribution in [0.3, 0.4) is 0 Å². The molecule has 0 aromatic heterocycles. The lowest BCUT2D eigenvalue weighted by Gasteiger charge is -2.43. The topological polar surface area (TPSA) is 114 Å². The summed E-state index contributed by atoms with van der Waals surface area (Å²) in [6.07, 6.45) is -1.62. The first-order valence-electron chi connectivity index (χ1n) is 8.22. The SMILES string of the molecule is COC(=O)[C@@H]1N2C(=O)[C@@H](NC(=O)C(N=O)Oc3ccccc3)[C@H]2SC1(C)C. The third-order valence-corrected chi connectivity index (χ3v) is 6.05. The number of nitrogens with zero attached hydrogens (tertiary/aromatic N) is 2. The van der Waals surface area contributed by atoms with Crippen LogP contribution < -0.4 is 10.1 Å². The zero-order chi connectivity index (χ0) is 19.8. The molecular weight excluding hydrogens is 374 g/mol. The number of nitroso groups, excluding NO2 is 1. The first kappa shape index (κ1) is 19.2. The lowest BCUT2D eigenvalue weighted by Crippen LogP contribution is -2.71. The van der Waals surface area contributed by atoms with E-state index in [-0.39, 0.29) is 0 Å². The molecule has 0 saturated carbocycles. The van der Waals surface area contributed by atoms with Gasteiger partial charge in [-0.3, -0.25) is 9.59 Å². The average molecular weight is 393 g/mol. The van der Waals surface area contributed by atoms with Gasteiger partial charge in [-0.25, -0.2) is 4.79 Å². The molecule has 2 aliphatic rings.